The predicted molar refractivity (Wildman–Crippen MR) is 76.2 cm³/mol. The normalized spacial score (nSPS) is 13.0. The molecule has 0 saturated carbocycles. The average Bonchev–Trinajstić information content (AvgIpc) is 2.85. The number of hydrogen-bond acceptors (Lipinski definition) is 4. The summed E-state index contributed by atoms with van der Waals surface area (Å²) in [4.78, 5) is 7.05. The van der Waals surface area contributed by atoms with E-state index in [1.165, 1.54) is 5.56 Å². The van der Waals surface area contributed by atoms with E-state index in [0.29, 0.717) is 6.79 Å². The van der Waals surface area contributed by atoms with Gasteiger partial charge < -0.3 is 14.4 Å². The van der Waals surface area contributed by atoms with Crippen LogP contribution in [-0.2, 0) is 0 Å². The van der Waals surface area contributed by atoms with E-state index in [0.717, 1.165) is 41.3 Å². The molecule has 3 rings (SSSR count). The Morgan fingerprint density at radius 3 is 2.47 bits per heavy atom. The molecular weight excluding hydrogens is 240 g/mol. The van der Waals surface area contributed by atoms with E-state index in [-0.39, 0.29) is 0 Å². The van der Waals surface area contributed by atoms with Crippen LogP contribution in [0.2, 0.25) is 0 Å². The Labute approximate surface area is 113 Å². The largest absolute Gasteiger partial charge is 0.454 e. The summed E-state index contributed by atoms with van der Waals surface area (Å²) >= 11 is 0. The van der Waals surface area contributed by atoms with E-state index >= 15 is 0 Å². The highest BCUT2D eigenvalue weighted by atomic mass is 16.7. The van der Waals surface area contributed by atoms with Crippen molar-refractivity contribution in [2.45, 2.75) is 20.8 Å². The van der Waals surface area contributed by atoms with Gasteiger partial charge in [-0.25, -0.2) is 4.98 Å². The van der Waals surface area contributed by atoms with Gasteiger partial charge in [-0.3, -0.25) is 0 Å². The molecule has 0 spiro atoms. The topological polar surface area (TPSA) is 34.6 Å². The fourth-order valence-corrected chi connectivity index (χ4v) is 2.50. The Kier molecular flexibility index (Phi) is 2.93. The van der Waals surface area contributed by atoms with Gasteiger partial charge in [0.1, 0.15) is 5.82 Å². The van der Waals surface area contributed by atoms with Crippen LogP contribution < -0.4 is 14.4 Å². The van der Waals surface area contributed by atoms with E-state index in [4.69, 9.17) is 14.5 Å². The molecule has 0 atom stereocenters. The highest BCUT2D eigenvalue weighted by Gasteiger charge is 2.16. The van der Waals surface area contributed by atoms with Crippen LogP contribution in [0, 0.1) is 6.92 Å². The van der Waals surface area contributed by atoms with Crippen molar-refractivity contribution in [2.24, 2.45) is 0 Å². The van der Waals surface area contributed by atoms with Gasteiger partial charge in [0.2, 0.25) is 6.79 Å². The van der Waals surface area contributed by atoms with Gasteiger partial charge in [-0.2, -0.15) is 0 Å². The standard InChI is InChI=1S/C15H18N2O2/c1-4-17(5-2)15-10(3)6-11-7-13-14(19-9-18-13)8-12(11)16-15/h6-8H,4-5,9H2,1-3H3. The van der Waals surface area contributed by atoms with E-state index in [2.05, 4.69) is 31.7 Å². The molecular formula is C15H18N2O2. The van der Waals surface area contributed by atoms with Crippen molar-refractivity contribution in [1.29, 1.82) is 0 Å². The fourth-order valence-electron chi connectivity index (χ4n) is 2.50. The molecule has 100 valence electrons. The van der Waals surface area contributed by atoms with Crippen molar-refractivity contribution in [3.05, 3.63) is 23.8 Å². The molecule has 1 aromatic carbocycles. The maximum Gasteiger partial charge on any atom is 0.231 e. The third-order valence-electron chi connectivity index (χ3n) is 3.54. The highest BCUT2D eigenvalue weighted by molar-refractivity contribution is 5.85. The minimum Gasteiger partial charge on any atom is -0.454 e. The average molecular weight is 258 g/mol. The number of fused-ring (bicyclic) bond motifs is 2. The predicted octanol–water partition coefficient (Wildman–Crippen LogP) is 3.12. The summed E-state index contributed by atoms with van der Waals surface area (Å²) in [7, 11) is 0. The molecule has 4 nitrogen and oxygen atoms in total. The molecule has 4 heteroatoms. The van der Waals surface area contributed by atoms with Crippen molar-refractivity contribution in [1.82, 2.24) is 4.98 Å². The lowest BCUT2D eigenvalue weighted by molar-refractivity contribution is 0.174. The van der Waals surface area contributed by atoms with Crippen molar-refractivity contribution in [3.63, 3.8) is 0 Å². The summed E-state index contributed by atoms with van der Waals surface area (Å²) < 4.78 is 10.8. The Morgan fingerprint density at radius 1 is 1.11 bits per heavy atom. The van der Waals surface area contributed by atoms with Crippen LogP contribution in [0.15, 0.2) is 18.2 Å². The van der Waals surface area contributed by atoms with Crippen LogP contribution in [-0.4, -0.2) is 24.9 Å². The smallest absolute Gasteiger partial charge is 0.231 e. The molecule has 1 aliphatic heterocycles. The molecule has 0 amide bonds. The van der Waals surface area contributed by atoms with Crippen LogP contribution in [0.4, 0.5) is 5.82 Å². The zero-order valence-corrected chi connectivity index (χ0v) is 11.6. The molecule has 0 aliphatic carbocycles. The lowest BCUT2D eigenvalue weighted by Gasteiger charge is -2.22. The van der Waals surface area contributed by atoms with Crippen LogP contribution in [0.5, 0.6) is 11.5 Å². The first-order valence-corrected chi connectivity index (χ1v) is 6.69. The third-order valence-corrected chi connectivity index (χ3v) is 3.54. The molecule has 19 heavy (non-hydrogen) atoms. The van der Waals surface area contributed by atoms with Crippen LogP contribution in [0.1, 0.15) is 19.4 Å². The molecule has 0 N–H and O–H groups in total. The fraction of sp³-hybridized carbons (Fsp3) is 0.400. The molecule has 0 radical (unpaired) electrons. The second-order valence-corrected chi connectivity index (χ2v) is 4.70. The molecule has 2 aromatic rings. The summed E-state index contributed by atoms with van der Waals surface area (Å²) in [5, 5.41) is 1.10. The minimum absolute atomic E-state index is 0.299. The maximum atomic E-state index is 5.41. The highest BCUT2D eigenvalue weighted by Crippen LogP contribution is 2.36. The minimum atomic E-state index is 0.299. The molecule has 0 saturated heterocycles. The number of anilines is 1. The number of ether oxygens (including phenoxy) is 2. The van der Waals surface area contributed by atoms with Crippen LogP contribution in [0.3, 0.4) is 0 Å². The van der Waals surface area contributed by atoms with Crippen molar-refractivity contribution >= 4 is 16.7 Å². The first-order chi connectivity index (χ1) is 9.22. The Bertz CT molecular complexity index is 621. The summed E-state index contributed by atoms with van der Waals surface area (Å²) in [6, 6.07) is 6.13. The number of pyridine rings is 1. The summed E-state index contributed by atoms with van der Waals surface area (Å²) in [6.07, 6.45) is 0. The summed E-state index contributed by atoms with van der Waals surface area (Å²) in [5.41, 5.74) is 2.15. The third kappa shape index (κ3) is 1.97. The van der Waals surface area contributed by atoms with E-state index in [9.17, 15) is 0 Å². The number of hydrogen-bond donors (Lipinski definition) is 0. The zero-order valence-electron chi connectivity index (χ0n) is 11.6. The number of benzene rings is 1. The molecule has 0 fully saturated rings. The van der Waals surface area contributed by atoms with Gasteiger partial charge in [0, 0.05) is 24.5 Å². The summed E-state index contributed by atoms with van der Waals surface area (Å²) in [5.74, 6) is 2.65. The molecule has 2 heterocycles. The Balaban J connectivity index is 2.16. The van der Waals surface area contributed by atoms with Crippen LogP contribution in [0.25, 0.3) is 10.9 Å². The lowest BCUT2D eigenvalue weighted by Crippen LogP contribution is -2.23. The zero-order chi connectivity index (χ0) is 13.4. The Morgan fingerprint density at radius 2 is 1.79 bits per heavy atom. The number of aromatic nitrogens is 1. The van der Waals surface area contributed by atoms with Gasteiger partial charge in [0.25, 0.3) is 0 Å². The Hall–Kier alpha value is -1.97. The van der Waals surface area contributed by atoms with Crippen molar-refractivity contribution in [2.75, 3.05) is 24.8 Å². The first kappa shape index (κ1) is 12.1. The van der Waals surface area contributed by atoms with E-state index in [1.54, 1.807) is 0 Å². The maximum absolute atomic E-state index is 5.41. The lowest BCUT2D eigenvalue weighted by atomic mass is 10.1. The number of rotatable bonds is 3. The number of aryl methyl sites for hydroxylation is 1. The van der Waals surface area contributed by atoms with E-state index < -0.39 is 0 Å². The van der Waals surface area contributed by atoms with Crippen molar-refractivity contribution in [3.8, 4) is 11.5 Å². The number of nitrogens with zero attached hydrogens (tertiary/aromatic N) is 2. The van der Waals surface area contributed by atoms with Gasteiger partial charge in [0.15, 0.2) is 11.5 Å². The summed E-state index contributed by atoms with van der Waals surface area (Å²) in [6.45, 7) is 8.61. The quantitative estimate of drug-likeness (QED) is 0.847. The second-order valence-electron chi connectivity index (χ2n) is 4.70. The van der Waals surface area contributed by atoms with Gasteiger partial charge in [-0.05, 0) is 38.5 Å². The monoisotopic (exact) mass is 258 g/mol. The van der Waals surface area contributed by atoms with E-state index in [1.807, 2.05) is 12.1 Å². The molecule has 0 unspecified atom stereocenters. The first-order valence-electron chi connectivity index (χ1n) is 6.69. The van der Waals surface area contributed by atoms with Gasteiger partial charge in [-0.1, -0.05) is 0 Å². The van der Waals surface area contributed by atoms with Gasteiger partial charge in [-0.15, -0.1) is 0 Å². The SMILES string of the molecule is CCN(CC)c1nc2cc3c(cc2cc1C)OCO3. The van der Waals surface area contributed by atoms with Crippen molar-refractivity contribution < 1.29 is 9.47 Å². The van der Waals surface area contributed by atoms with Gasteiger partial charge in [0.05, 0.1) is 5.52 Å². The van der Waals surface area contributed by atoms with Crippen LogP contribution >= 0.6 is 0 Å². The molecule has 1 aliphatic rings. The molecule has 0 bridgehead atoms. The molecule has 1 aromatic heterocycles. The van der Waals surface area contributed by atoms with Gasteiger partial charge >= 0.3 is 0 Å². The second kappa shape index (κ2) is 4.61.